The summed E-state index contributed by atoms with van der Waals surface area (Å²) < 4.78 is 27.3. The number of hydrogen-bond acceptors (Lipinski definition) is 4. The van der Waals surface area contributed by atoms with Crippen LogP contribution in [0.25, 0.3) is 0 Å². The molecule has 6 nitrogen and oxygen atoms in total. The van der Waals surface area contributed by atoms with Crippen LogP contribution in [0, 0.1) is 10.1 Å². The van der Waals surface area contributed by atoms with Crippen LogP contribution >= 0.6 is 0 Å². The highest BCUT2D eigenvalue weighted by Gasteiger charge is 2.18. The molecule has 0 bridgehead atoms. The molecule has 2 aromatic rings. The van der Waals surface area contributed by atoms with Crippen molar-refractivity contribution in [2.75, 3.05) is 4.72 Å². The van der Waals surface area contributed by atoms with Crippen LogP contribution < -0.4 is 4.72 Å². The van der Waals surface area contributed by atoms with Gasteiger partial charge in [-0.15, -0.1) is 0 Å². The monoisotopic (exact) mass is 320 g/mol. The van der Waals surface area contributed by atoms with Crippen molar-refractivity contribution < 1.29 is 13.3 Å². The lowest BCUT2D eigenvalue weighted by Gasteiger charge is -2.12. The number of hydrogen-bond donors (Lipinski definition) is 1. The Morgan fingerprint density at radius 2 is 1.86 bits per heavy atom. The molecule has 22 heavy (non-hydrogen) atoms. The van der Waals surface area contributed by atoms with Gasteiger partial charge in [0.05, 0.1) is 15.5 Å². The standard InChI is InChI=1S/C15H16N2O4S/c1-2-6-12-7-3-4-10-15(12)16-22(20,21)14-9-5-8-13(11-14)17(18)19/h3-5,7-11,16H,2,6H2,1H3. The maximum Gasteiger partial charge on any atom is 0.270 e. The number of para-hydroxylation sites is 1. The van der Waals surface area contributed by atoms with E-state index in [1.165, 1.54) is 18.2 Å². The number of benzene rings is 2. The fourth-order valence-electron chi connectivity index (χ4n) is 2.08. The summed E-state index contributed by atoms with van der Waals surface area (Å²) >= 11 is 0. The zero-order chi connectivity index (χ0) is 16.2. The van der Waals surface area contributed by atoms with Gasteiger partial charge in [-0.2, -0.15) is 0 Å². The Morgan fingerprint density at radius 3 is 2.55 bits per heavy atom. The molecule has 0 aromatic heterocycles. The SMILES string of the molecule is CCCc1ccccc1NS(=O)(=O)c1cccc([N+](=O)[O-])c1. The summed E-state index contributed by atoms with van der Waals surface area (Å²) in [7, 11) is -3.86. The van der Waals surface area contributed by atoms with Crippen LogP contribution in [0.15, 0.2) is 53.4 Å². The Hall–Kier alpha value is -2.41. The molecule has 0 radical (unpaired) electrons. The third-order valence-corrected chi connectivity index (χ3v) is 4.48. The summed E-state index contributed by atoms with van der Waals surface area (Å²) in [5.41, 5.74) is 1.12. The van der Waals surface area contributed by atoms with Gasteiger partial charge >= 0.3 is 0 Å². The molecule has 2 rings (SSSR count). The Kier molecular flexibility index (Phi) is 4.77. The Bertz CT molecular complexity index is 788. The van der Waals surface area contributed by atoms with Gasteiger partial charge in [0, 0.05) is 12.1 Å². The molecule has 0 unspecified atom stereocenters. The zero-order valence-electron chi connectivity index (χ0n) is 12.0. The molecule has 116 valence electrons. The van der Waals surface area contributed by atoms with E-state index in [1.807, 2.05) is 19.1 Å². The number of sulfonamides is 1. The Balaban J connectivity index is 2.36. The lowest BCUT2D eigenvalue weighted by atomic mass is 10.1. The number of nitrogens with one attached hydrogen (secondary N) is 1. The fourth-order valence-corrected chi connectivity index (χ4v) is 3.22. The van der Waals surface area contributed by atoms with Crippen molar-refractivity contribution in [2.45, 2.75) is 24.7 Å². The number of non-ortho nitro benzene ring substituents is 1. The number of nitrogens with zero attached hydrogens (tertiary/aromatic N) is 1. The second-order valence-corrected chi connectivity index (χ2v) is 6.45. The summed E-state index contributed by atoms with van der Waals surface area (Å²) in [5.74, 6) is 0. The molecule has 7 heteroatoms. The van der Waals surface area contributed by atoms with E-state index in [2.05, 4.69) is 4.72 Å². The van der Waals surface area contributed by atoms with Gasteiger partial charge in [0.15, 0.2) is 0 Å². The highest BCUT2D eigenvalue weighted by molar-refractivity contribution is 7.92. The minimum absolute atomic E-state index is 0.131. The number of anilines is 1. The van der Waals surface area contributed by atoms with Crippen LogP contribution in [0.1, 0.15) is 18.9 Å². The summed E-state index contributed by atoms with van der Waals surface area (Å²) in [6.45, 7) is 2.01. The molecule has 0 atom stereocenters. The largest absolute Gasteiger partial charge is 0.279 e. The third kappa shape index (κ3) is 3.62. The number of nitro benzene ring substituents is 1. The van der Waals surface area contributed by atoms with Crippen molar-refractivity contribution >= 4 is 21.4 Å². The molecular weight excluding hydrogens is 304 g/mol. The van der Waals surface area contributed by atoms with Gasteiger partial charge in [0.2, 0.25) is 0 Å². The predicted octanol–water partition coefficient (Wildman–Crippen LogP) is 3.35. The van der Waals surface area contributed by atoms with E-state index in [4.69, 9.17) is 0 Å². The molecule has 2 aromatic carbocycles. The first-order chi connectivity index (χ1) is 10.4. The zero-order valence-corrected chi connectivity index (χ0v) is 12.8. The molecule has 0 aliphatic carbocycles. The molecular formula is C15H16N2O4S. The number of nitro groups is 1. The van der Waals surface area contributed by atoms with Crippen LogP contribution in [0.2, 0.25) is 0 Å². The maximum absolute atomic E-state index is 12.4. The van der Waals surface area contributed by atoms with Crippen molar-refractivity contribution in [3.8, 4) is 0 Å². The predicted molar refractivity (Wildman–Crippen MR) is 84.3 cm³/mol. The average Bonchev–Trinajstić information content (AvgIpc) is 2.49. The lowest BCUT2D eigenvalue weighted by Crippen LogP contribution is -2.14. The average molecular weight is 320 g/mol. The molecule has 1 N–H and O–H groups in total. The fraction of sp³-hybridized carbons (Fsp3) is 0.200. The van der Waals surface area contributed by atoms with Gasteiger partial charge in [-0.25, -0.2) is 8.42 Å². The van der Waals surface area contributed by atoms with E-state index in [0.717, 1.165) is 24.5 Å². The van der Waals surface area contributed by atoms with E-state index in [-0.39, 0.29) is 10.6 Å². The number of rotatable bonds is 6. The molecule has 0 amide bonds. The van der Waals surface area contributed by atoms with Gasteiger partial charge in [0.1, 0.15) is 0 Å². The van der Waals surface area contributed by atoms with E-state index >= 15 is 0 Å². The summed E-state index contributed by atoms with van der Waals surface area (Å²) in [4.78, 5) is 10.0. The Labute approximate surface area is 129 Å². The van der Waals surface area contributed by atoms with E-state index < -0.39 is 14.9 Å². The Morgan fingerprint density at radius 1 is 1.14 bits per heavy atom. The van der Waals surface area contributed by atoms with Crippen LogP contribution in [0.4, 0.5) is 11.4 Å². The number of aryl methyl sites for hydroxylation is 1. The molecule has 0 heterocycles. The van der Waals surface area contributed by atoms with Crippen molar-refractivity contribution in [3.05, 3.63) is 64.2 Å². The van der Waals surface area contributed by atoms with Crippen molar-refractivity contribution in [1.82, 2.24) is 0 Å². The van der Waals surface area contributed by atoms with Crippen LogP contribution in [0.3, 0.4) is 0 Å². The molecule has 0 fully saturated rings. The molecule has 0 saturated carbocycles. The van der Waals surface area contributed by atoms with Gasteiger partial charge < -0.3 is 0 Å². The quantitative estimate of drug-likeness (QED) is 0.653. The molecule has 0 aliphatic heterocycles. The highest BCUT2D eigenvalue weighted by atomic mass is 32.2. The van der Waals surface area contributed by atoms with E-state index in [9.17, 15) is 18.5 Å². The smallest absolute Gasteiger partial charge is 0.270 e. The van der Waals surface area contributed by atoms with E-state index in [0.29, 0.717) is 5.69 Å². The summed E-state index contributed by atoms with van der Waals surface area (Å²) in [6.07, 6.45) is 1.63. The summed E-state index contributed by atoms with van der Waals surface area (Å²) in [5, 5.41) is 10.8. The second kappa shape index (κ2) is 6.57. The van der Waals surface area contributed by atoms with Gasteiger partial charge in [0.25, 0.3) is 15.7 Å². The van der Waals surface area contributed by atoms with Gasteiger partial charge in [-0.1, -0.05) is 37.6 Å². The van der Waals surface area contributed by atoms with Crippen LogP contribution in [-0.2, 0) is 16.4 Å². The maximum atomic E-state index is 12.4. The first-order valence-electron chi connectivity index (χ1n) is 6.79. The first-order valence-corrected chi connectivity index (χ1v) is 8.27. The van der Waals surface area contributed by atoms with Gasteiger partial charge in [-0.3, -0.25) is 14.8 Å². The molecule has 0 aliphatic rings. The van der Waals surface area contributed by atoms with Crippen molar-refractivity contribution in [1.29, 1.82) is 0 Å². The summed E-state index contributed by atoms with van der Waals surface area (Å²) in [6, 6.07) is 12.1. The molecule has 0 spiro atoms. The topological polar surface area (TPSA) is 89.3 Å². The second-order valence-electron chi connectivity index (χ2n) is 4.77. The third-order valence-electron chi connectivity index (χ3n) is 3.12. The van der Waals surface area contributed by atoms with Crippen LogP contribution in [-0.4, -0.2) is 13.3 Å². The first kappa shape index (κ1) is 16.0. The minimum atomic E-state index is -3.86. The van der Waals surface area contributed by atoms with E-state index in [1.54, 1.807) is 12.1 Å². The van der Waals surface area contributed by atoms with Gasteiger partial charge in [-0.05, 0) is 24.1 Å². The molecule has 0 saturated heterocycles. The normalized spacial score (nSPS) is 11.1. The highest BCUT2D eigenvalue weighted by Crippen LogP contribution is 2.23. The van der Waals surface area contributed by atoms with Crippen LogP contribution in [0.5, 0.6) is 0 Å². The minimum Gasteiger partial charge on any atom is -0.279 e. The van der Waals surface area contributed by atoms with Crippen molar-refractivity contribution in [2.24, 2.45) is 0 Å². The van der Waals surface area contributed by atoms with Crippen molar-refractivity contribution in [3.63, 3.8) is 0 Å². The lowest BCUT2D eigenvalue weighted by molar-refractivity contribution is -0.385.